The Labute approximate surface area is 138 Å². The van der Waals surface area contributed by atoms with Crippen LogP contribution in [0, 0.1) is 0 Å². The minimum Gasteiger partial charge on any atom is -0.294 e. The average molecular weight is 362 g/mol. The number of halogens is 6. The first kappa shape index (κ1) is 17.6. The molecule has 4 nitrogen and oxygen atoms in total. The summed E-state index contributed by atoms with van der Waals surface area (Å²) in [5.74, 6) is -1.16. The van der Waals surface area contributed by atoms with E-state index in [4.69, 9.17) is 0 Å². The van der Waals surface area contributed by atoms with Gasteiger partial charge in [-0.1, -0.05) is 6.07 Å². The van der Waals surface area contributed by atoms with E-state index < -0.39 is 23.9 Å². The second kappa shape index (κ2) is 6.25. The molecule has 2 aromatic rings. The SMILES string of the molecule is FC(F)(F)c1ccc(CN2CCc3nc(C(F)(F)F)ncc3C2)cn1. The Morgan fingerprint density at radius 1 is 0.960 bits per heavy atom. The highest BCUT2D eigenvalue weighted by Gasteiger charge is 2.35. The van der Waals surface area contributed by atoms with Gasteiger partial charge in [0.25, 0.3) is 0 Å². The molecule has 3 heterocycles. The summed E-state index contributed by atoms with van der Waals surface area (Å²) in [5.41, 5.74) is 0.556. The largest absolute Gasteiger partial charge is 0.451 e. The number of nitrogens with zero attached hydrogens (tertiary/aromatic N) is 4. The lowest BCUT2D eigenvalue weighted by Crippen LogP contribution is -2.31. The van der Waals surface area contributed by atoms with Crippen molar-refractivity contribution in [1.29, 1.82) is 0 Å². The van der Waals surface area contributed by atoms with Crippen molar-refractivity contribution in [1.82, 2.24) is 19.9 Å². The summed E-state index contributed by atoms with van der Waals surface area (Å²) in [5, 5.41) is 0. The fourth-order valence-electron chi connectivity index (χ4n) is 2.59. The molecule has 0 amide bonds. The zero-order valence-electron chi connectivity index (χ0n) is 12.7. The lowest BCUT2D eigenvalue weighted by atomic mass is 10.1. The fraction of sp³-hybridized carbons (Fsp3) is 0.400. The number of alkyl halides is 6. The zero-order chi connectivity index (χ0) is 18.2. The third-order valence-corrected chi connectivity index (χ3v) is 3.79. The number of pyridine rings is 1. The summed E-state index contributed by atoms with van der Waals surface area (Å²) in [7, 11) is 0. The van der Waals surface area contributed by atoms with Crippen LogP contribution in [0.3, 0.4) is 0 Å². The number of hydrogen-bond acceptors (Lipinski definition) is 4. The molecule has 25 heavy (non-hydrogen) atoms. The topological polar surface area (TPSA) is 41.9 Å². The van der Waals surface area contributed by atoms with Crippen molar-refractivity contribution in [2.45, 2.75) is 31.9 Å². The van der Waals surface area contributed by atoms with Crippen LogP contribution in [-0.4, -0.2) is 26.4 Å². The van der Waals surface area contributed by atoms with Gasteiger partial charge in [-0.3, -0.25) is 9.88 Å². The second-order valence-electron chi connectivity index (χ2n) is 5.67. The summed E-state index contributed by atoms with van der Waals surface area (Å²) in [6, 6.07) is 2.25. The smallest absolute Gasteiger partial charge is 0.294 e. The van der Waals surface area contributed by atoms with Crippen LogP contribution in [0.15, 0.2) is 24.5 Å². The fourth-order valence-corrected chi connectivity index (χ4v) is 2.59. The van der Waals surface area contributed by atoms with Gasteiger partial charge in [-0.25, -0.2) is 9.97 Å². The quantitative estimate of drug-likeness (QED) is 0.768. The first-order valence-corrected chi connectivity index (χ1v) is 7.29. The van der Waals surface area contributed by atoms with E-state index >= 15 is 0 Å². The van der Waals surface area contributed by atoms with Crippen LogP contribution < -0.4 is 0 Å². The molecule has 1 aliphatic rings. The minimum atomic E-state index is -4.59. The molecule has 134 valence electrons. The maximum Gasteiger partial charge on any atom is 0.451 e. The number of hydrogen-bond donors (Lipinski definition) is 0. The van der Waals surface area contributed by atoms with E-state index in [9.17, 15) is 26.3 Å². The van der Waals surface area contributed by atoms with Gasteiger partial charge in [0, 0.05) is 44.0 Å². The molecule has 0 saturated heterocycles. The number of fused-ring (bicyclic) bond motifs is 1. The van der Waals surface area contributed by atoms with Gasteiger partial charge >= 0.3 is 12.4 Å². The van der Waals surface area contributed by atoms with Crippen molar-refractivity contribution in [2.24, 2.45) is 0 Å². The van der Waals surface area contributed by atoms with E-state index in [1.807, 2.05) is 4.90 Å². The molecule has 2 aromatic heterocycles. The molecule has 0 N–H and O–H groups in total. The molecular formula is C15H12F6N4. The van der Waals surface area contributed by atoms with Crippen LogP contribution in [0.2, 0.25) is 0 Å². The Kier molecular flexibility index (Phi) is 4.40. The lowest BCUT2D eigenvalue weighted by molar-refractivity contribution is -0.145. The summed E-state index contributed by atoms with van der Waals surface area (Å²) in [6.07, 6.45) is -6.45. The van der Waals surface area contributed by atoms with Crippen molar-refractivity contribution in [3.05, 3.63) is 52.9 Å². The van der Waals surface area contributed by atoms with Crippen LogP contribution >= 0.6 is 0 Å². The molecule has 0 unspecified atom stereocenters. The van der Waals surface area contributed by atoms with Gasteiger partial charge < -0.3 is 0 Å². The maximum absolute atomic E-state index is 12.6. The number of rotatable bonds is 2. The Hall–Kier alpha value is -2.23. The van der Waals surface area contributed by atoms with Gasteiger partial charge in [0.05, 0.1) is 5.69 Å². The second-order valence-corrected chi connectivity index (χ2v) is 5.67. The third-order valence-electron chi connectivity index (χ3n) is 3.79. The maximum atomic E-state index is 12.6. The van der Waals surface area contributed by atoms with E-state index in [0.717, 1.165) is 18.5 Å². The normalized spacial score (nSPS) is 15.9. The standard InChI is InChI=1S/C15H12F6N4/c16-14(17,18)12-2-1-9(5-22-12)7-25-4-3-11-10(8-25)6-23-13(24-11)15(19,20)21/h1-2,5-6H,3-4,7-8H2. The van der Waals surface area contributed by atoms with Crippen LogP contribution in [-0.2, 0) is 31.9 Å². The molecule has 0 aliphatic carbocycles. The molecule has 0 bridgehead atoms. The summed E-state index contributed by atoms with van der Waals surface area (Å²) in [4.78, 5) is 12.2. The summed E-state index contributed by atoms with van der Waals surface area (Å²) >= 11 is 0. The summed E-state index contributed by atoms with van der Waals surface area (Å²) < 4.78 is 75.3. The van der Waals surface area contributed by atoms with Crippen molar-refractivity contribution < 1.29 is 26.3 Å². The van der Waals surface area contributed by atoms with Crippen LogP contribution in [0.4, 0.5) is 26.3 Å². The van der Waals surface area contributed by atoms with Crippen LogP contribution in [0.1, 0.15) is 28.3 Å². The van der Waals surface area contributed by atoms with Gasteiger partial charge in [0.15, 0.2) is 0 Å². The Morgan fingerprint density at radius 3 is 2.32 bits per heavy atom. The van der Waals surface area contributed by atoms with Crippen LogP contribution in [0.5, 0.6) is 0 Å². The molecule has 0 radical (unpaired) electrons. The predicted octanol–water partition coefficient (Wildman–Crippen LogP) is 3.47. The monoisotopic (exact) mass is 362 g/mol. The van der Waals surface area contributed by atoms with Gasteiger partial charge in [-0.15, -0.1) is 0 Å². The first-order valence-electron chi connectivity index (χ1n) is 7.29. The van der Waals surface area contributed by atoms with E-state index in [-0.39, 0.29) is 0 Å². The molecule has 0 saturated carbocycles. The van der Waals surface area contributed by atoms with E-state index in [0.29, 0.717) is 42.9 Å². The molecular weight excluding hydrogens is 350 g/mol. The molecule has 0 aromatic carbocycles. The number of aromatic nitrogens is 3. The van der Waals surface area contributed by atoms with Gasteiger partial charge in [-0.2, -0.15) is 26.3 Å². The zero-order valence-corrected chi connectivity index (χ0v) is 12.7. The van der Waals surface area contributed by atoms with Crippen molar-refractivity contribution in [3.63, 3.8) is 0 Å². The van der Waals surface area contributed by atoms with Gasteiger partial charge in [0.1, 0.15) is 5.69 Å². The molecule has 0 fully saturated rings. The summed E-state index contributed by atoms with van der Waals surface area (Å²) in [6.45, 7) is 1.11. The molecule has 3 rings (SSSR count). The first-order chi connectivity index (χ1) is 11.6. The molecule has 0 atom stereocenters. The molecule has 0 spiro atoms. The lowest BCUT2D eigenvalue weighted by Gasteiger charge is -2.28. The van der Waals surface area contributed by atoms with E-state index in [1.54, 1.807) is 0 Å². The van der Waals surface area contributed by atoms with Gasteiger partial charge in [0.2, 0.25) is 5.82 Å². The van der Waals surface area contributed by atoms with Gasteiger partial charge in [-0.05, 0) is 11.6 Å². The predicted molar refractivity (Wildman–Crippen MR) is 74.1 cm³/mol. The third kappa shape index (κ3) is 4.06. The highest BCUT2D eigenvalue weighted by Crippen LogP contribution is 2.29. The highest BCUT2D eigenvalue weighted by atomic mass is 19.4. The van der Waals surface area contributed by atoms with Crippen LogP contribution in [0.25, 0.3) is 0 Å². The molecule has 10 heteroatoms. The highest BCUT2D eigenvalue weighted by molar-refractivity contribution is 5.22. The van der Waals surface area contributed by atoms with Crippen molar-refractivity contribution >= 4 is 0 Å². The average Bonchev–Trinajstić information content (AvgIpc) is 2.53. The van der Waals surface area contributed by atoms with Crippen molar-refractivity contribution in [2.75, 3.05) is 6.54 Å². The Bertz CT molecular complexity index is 754. The van der Waals surface area contributed by atoms with Crippen molar-refractivity contribution in [3.8, 4) is 0 Å². The van der Waals surface area contributed by atoms with E-state index in [2.05, 4.69) is 15.0 Å². The van der Waals surface area contributed by atoms with E-state index in [1.165, 1.54) is 6.07 Å². The molecule has 1 aliphatic heterocycles. The Balaban J connectivity index is 1.69. The minimum absolute atomic E-state index is 0.314. The Morgan fingerprint density at radius 2 is 1.72 bits per heavy atom.